The number of anilines is 1. The van der Waals surface area contributed by atoms with E-state index in [1.165, 1.54) is 0 Å². The molecule has 2 fully saturated rings. The maximum Gasteiger partial charge on any atom is 0.253 e. The van der Waals surface area contributed by atoms with Crippen LogP contribution in [0.25, 0.3) is 0 Å². The summed E-state index contributed by atoms with van der Waals surface area (Å²) >= 11 is 5.99. The second-order valence-electron chi connectivity index (χ2n) is 7.50. The molecule has 0 atom stereocenters. The fourth-order valence-electron chi connectivity index (χ4n) is 3.81. The van der Waals surface area contributed by atoms with Gasteiger partial charge in [-0.1, -0.05) is 17.7 Å². The zero-order valence-corrected chi connectivity index (χ0v) is 17.5. The van der Waals surface area contributed by atoms with Gasteiger partial charge in [0, 0.05) is 75.3 Å². The summed E-state index contributed by atoms with van der Waals surface area (Å²) in [5.41, 5.74) is 0.604. The lowest BCUT2D eigenvalue weighted by atomic mass is 10.2. The predicted octanol–water partition coefficient (Wildman–Crippen LogP) is 1.24. The first-order chi connectivity index (χ1) is 14.6. The van der Waals surface area contributed by atoms with Gasteiger partial charge in [-0.2, -0.15) is 0 Å². The van der Waals surface area contributed by atoms with Gasteiger partial charge < -0.3 is 14.7 Å². The van der Waals surface area contributed by atoms with Crippen LogP contribution in [0.5, 0.6) is 0 Å². The monoisotopic (exact) mass is 428 g/mol. The maximum atomic E-state index is 12.7. The summed E-state index contributed by atoms with van der Waals surface area (Å²) < 4.78 is 0. The molecule has 0 radical (unpaired) electrons. The first-order valence-electron chi connectivity index (χ1n) is 10.2. The highest BCUT2D eigenvalue weighted by molar-refractivity contribution is 6.30. The van der Waals surface area contributed by atoms with Crippen molar-refractivity contribution in [2.24, 2.45) is 0 Å². The molecular formula is C21H25ClN6O2. The molecule has 0 N–H and O–H groups in total. The quantitative estimate of drug-likeness (QED) is 0.729. The van der Waals surface area contributed by atoms with E-state index in [1.807, 2.05) is 9.80 Å². The van der Waals surface area contributed by atoms with Gasteiger partial charge >= 0.3 is 0 Å². The number of aromatic nitrogens is 2. The molecule has 158 valence electrons. The summed E-state index contributed by atoms with van der Waals surface area (Å²) in [4.78, 5) is 41.9. The Balaban J connectivity index is 1.22. The highest BCUT2D eigenvalue weighted by Gasteiger charge is 2.27. The Kier molecular flexibility index (Phi) is 6.44. The number of hydrogen-bond acceptors (Lipinski definition) is 6. The number of carbonyl (C=O) groups excluding carboxylic acids is 2. The van der Waals surface area contributed by atoms with Crippen molar-refractivity contribution in [1.82, 2.24) is 24.7 Å². The predicted molar refractivity (Wildman–Crippen MR) is 115 cm³/mol. The van der Waals surface area contributed by atoms with Gasteiger partial charge in [-0.15, -0.1) is 0 Å². The van der Waals surface area contributed by atoms with Crippen molar-refractivity contribution >= 4 is 29.4 Å². The average molecular weight is 429 g/mol. The van der Waals surface area contributed by atoms with Crippen LogP contribution in [0.15, 0.2) is 42.7 Å². The standard InChI is InChI=1S/C21H25ClN6O2/c22-18-4-1-3-17(15-18)20(30)27-9-7-25(8-10-27)16-19(29)26-11-13-28(14-12-26)21-23-5-2-6-24-21/h1-6,15H,7-14,16H2. The third-order valence-electron chi connectivity index (χ3n) is 5.56. The van der Waals surface area contributed by atoms with Crippen molar-refractivity contribution in [2.75, 3.05) is 63.8 Å². The van der Waals surface area contributed by atoms with E-state index in [2.05, 4.69) is 19.8 Å². The smallest absolute Gasteiger partial charge is 0.253 e. The fourth-order valence-corrected chi connectivity index (χ4v) is 4.01. The highest BCUT2D eigenvalue weighted by atomic mass is 35.5. The minimum atomic E-state index is -0.0114. The third-order valence-corrected chi connectivity index (χ3v) is 5.79. The van der Waals surface area contributed by atoms with Crippen LogP contribution >= 0.6 is 11.6 Å². The van der Waals surface area contributed by atoms with Crippen LogP contribution in [0.4, 0.5) is 5.95 Å². The Hall–Kier alpha value is -2.71. The van der Waals surface area contributed by atoms with E-state index in [4.69, 9.17) is 11.6 Å². The molecule has 2 saturated heterocycles. The Morgan fingerprint density at radius 3 is 2.20 bits per heavy atom. The van der Waals surface area contributed by atoms with Crippen LogP contribution < -0.4 is 4.90 Å². The second kappa shape index (κ2) is 9.40. The highest BCUT2D eigenvalue weighted by Crippen LogP contribution is 2.15. The molecule has 0 unspecified atom stereocenters. The zero-order chi connectivity index (χ0) is 20.9. The molecule has 30 heavy (non-hydrogen) atoms. The first-order valence-corrected chi connectivity index (χ1v) is 10.5. The van der Waals surface area contributed by atoms with Crippen LogP contribution in [0.2, 0.25) is 5.02 Å². The lowest BCUT2D eigenvalue weighted by Gasteiger charge is -2.38. The van der Waals surface area contributed by atoms with Crippen LogP contribution in [-0.4, -0.2) is 95.4 Å². The van der Waals surface area contributed by atoms with Gasteiger partial charge in [0.25, 0.3) is 5.91 Å². The Labute approximate surface area is 181 Å². The summed E-state index contributed by atoms with van der Waals surface area (Å²) in [6.07, 6.45) is 3.47. The lowest BCUT2D eigenvalue weighted by Crippen LogP contribution is -2.54. The number of rotatable bonds is 4. The van der Waals surface area contributed by atoms with Gasteiger partial charge in [-0.25, -0.2) is 9.97 Å². The van der Waals surface area contributed by atoms with Crippen LogP contribution in [0.3, 0.4) is 0 Å². The first kappa shape index (κ1) is 20.6. The molecule has 0 spiro atoms. The van der Waals surface area contributed by atoms with E-state index in [0.717, 1.165) is 13.1 Å². The molecule has 0 saturated carbocycles. The van der Waals surface area contributed by atoms with Gasteiger partial charge in [0.1, 0.15) is 0 Å². The van der Waals surface area contributed by atoms with Gasteiger partial charge in [-0.3, -0.25) is 14.5 Å². The molecule has 2 amide bonds. The van der Waals surface area contributed by atoms with Crippen molar-refractivity contribution < 1.29 is 9.59 Å². The lowest BCUT2D eigenvalue weighted by molar-refractivity contribution is -0.133. The van der Waals surface area contributed by atoms with E-state index in [0.29, 0.717) is 62.3 Å². The van der Waals surface area contributed by atoms with Crippen molar-refractivity contribution in [3.63, 3.8) is 0 Å². The average Bonchev–Trinajstić information content (AvgIpc) is 2.80. The second-order valence-corrected chi connectivity index (χ2v) is 7.93. The van der Waals surface area contributed by atoms with Crippen molar-refractivity contribution in [1.29, 1.82) is 0 Å². The Morgan fingerprint density at radius 1 is 0.867 bits per heavy atom. The molecule has 9 heteroatoms. The topological polar surface area (TPSA) is 72.9 Å². The number of piperazine rings is 2. The van der Waals surface area contributed by atoms with Gasteiger partial charge in [0.05, 0.1) is 6.54 Å². The van der Waals surface area contributed by atoms with E-state index in [-0.39, 0.29) is 11.8 Å². The third kappa shape index (κ3) is 4.88. The van der Waals surface area contributed by atoms with E-state index in [1.54, 1.807) is 42.7 Å². The molecule has 0 bridgehead atoms. The van der Waals surface area contributed by atoms with E-state index < -0.39 is 0 Å². The number of benzene rings is 1. The molecule has 3 heterocycles. The van der Waals surface area contributed by atoms with Gasteiger partial charge in [0.15, 0.2) is 0 Å². The van der Waals surface area contributed by atoms with Crippen molar-refractivity contribution in [3.05, 3.63) is 53.3 Å². The molecule has 4 rings (SSSR count). The minimum Gasteiger partial charge on any atom is -0.338 e. The van der Waals surface area contributed by atoms with Gasteiger partial charge in [-0.05, 0) is 24.3 Å². The molecule has 1 aromatic heterocycles. The van der Waals surface area contributed by atoms with Gasteiger partial charge in [0.2, 0.25) is 11.9 Å². The molecule has 8 nitrogen and oxygen atoms in total. The fraction of sp³-hybridized carbons (Fsp3) is 0.429. The van der Waals surface area contributed by atoms with E-state index in [9.17, 15) is 9.59 Å². The van der Waals surface area contributed by atoms with Crippen LogP contribution in [-0.2, 0) is 4.79 Å². The number of nitrogens with zero attached hydrogens (tertiary/aromatic N) is 6. The van der Waals surface area contributed by atoms with E-state index >= 15 is 0 Å². The number of halogens is 1. The molecule has 2 aliphatic rings. The summed E-state index contributed by atoms with van der Waals surface area (Å²) in [6.45, 7) is 5.80. The number of hydrogen-bond donors (Lipinski definition) is 0. The summed E-state index contributed by atoms with van der Waals surface area (Å²) in [7, 11) is 0. The maximum absolute atomic E-state index is 12.7. The Morgan fingerprint density at radius 2 is 1.53 bits per heavy atom. The molecule has 2 aromatic rings. The molecule has 0 aliphatic carbocycles. The van der Waals surface area contributed by atoms with Crippen LogP contribution in [0, 0.1) is 0 Å². The molecular weight excluding hydrogens is 404 g/mol. The summed E-state index contributed by atoms with van der Waals surface area (Å²) in [6, 6.07) is 8.82. The largest absolute Gasteiger partial charge is 0.338 e. The van der Waals surface area contributed by atoms with Crippen molar-refractivity contribution in [3.8, 4) is 0 Å². The number of carbonyl (C=O) groups is 2. The zero-order valence-electron chi connectivity index (χ0n) is 16.8. The number of amides is 2. The van der Waals surface area contributed by atoms with Crippen LogP contribution in [0.1, 0.15) is 10.4 Å². The normalized spacial score (nSPS) is 17.8. The Bertz CT molecular complexity index is 880. The minimum absolute atomic E-state index is 0.0114. The SMILES string of the molecule is O=C(CN1CCN(C(=O)c2cccc(Cl)c2)CC1)N1CCN(c2ncccn2)CC1. The molecule has 1 aromatic carbocycles. The molecule has 2 aliphatic heterocycles. The van der Waals surface area contributed by atoms with Crippen molar-refractivity contribution in [2.45, 2.75) is 0 Å². The summed E-state index contributed by atoms with van der Waals surface area (Å²) in [5.74, 6) is 0.839. The summed E-state index contributed by atoms with van der Waals surface area (Å²) in [5, 5.41) is 0.559.